The van der Waals surface area contributed by atoms with E-state index in [-0.39, 0.29) is 26.2 Å². The second-order valence-electron chi connectivity index (χ2n) is 7.44. The first-order valence-electron chi connectivity index (χ1n) is 9.42. The number of hydrogen-bond acceptors (Lipinski definition) is 2. The van der Waals surface area contributed by atoms with Crippen LogP contribution in [0, 0.1) is 13.8 Å². The van der Waals surface area contributed by atoms with E-state index in [1.165, 1.54) is 41.6 Å². The first kappa shape index (κ1) is 27.7. The second-order valence-corrected chi connectivity index (χ2v) is 13.4. The van der Waals surface area contributed by atoms with Crippen molar-refractivity contribution < 1.29 is 36.4 Å². The zero-order valence-electron chi connectivity index (χ0n) is 18.3. The zero-order valence-corrected chi connectivity index (χ0v) is 24.9. The molecular weight excluding hydrogens is 599 g/mol. The van der Waals surface area contributed by atoms with Crippen LogP contribution >= 0.6 is 31.9 Å². The summed E-state index contributed by atoms with van der Waals surface area (Å²) in [6.07, 6.45) is 0. The average Bonchev–Trinajstić information content (AvgIpc) is 3.23. The maximum atomic E-state index is 7.00. The van der Waals surface area contributed by atoms with E-state index in [0.717, 1.165) is 14.2 Å². The molecule has 0 unspecified atom stereocenters. The fraction of sp³-hybridized carbons (Fsp3) is 0.250. The van der Waals surface area contributed by atoms with Crippen molar-refractivity contribution in [2.24, 2.45) is 0 Å². The van der Waals surface area contributed by atoms with E-state index < -0.39 is 8.07 Å². The van der Waals surface area contributed by atoms with Gasteiger partial charge in [-0.25, -0.2) is 0 Å². The minimum atomic E-state index is -1.89. The fourth-order valence-electron chi connectivity index (χ4n) is 4.59. The monoisotopic (exact) mass is 624 g/mol. The molecule has 0 bridgehead atoms. The molecule has 0 amide bonds. The minimum absolute atomic E-state index is 0. The van der Waals surface area contributed by atoms with E-state index in [1.807, 2.05) is 0 Å². The normalized spacial score (nSPS) is 10.7. The van der Waals surface area contributed by atoms with E-state index in [9.17, 15) is 0 Å². The first-order chi connectivity index (χ1) is 13.8. The van der Waals surface area contributed by atoms with Gasteiger partial charge in [0.1, 0.15) is 0 Å². The summed E-state index contributed by atoms with van der Waals surface area (Å²) in [6.45, 7) is 9.53. The van der Waals surface area contributed by atoms with Gasteiger partial charge >= 0.3 is 26.2 Å². The Labute approximate surface area is 216 Å². The summed E-state index contributed by atoms with van der Waals surface area (Å²) in [4.78, 5) is 0. The third kappa shape index (κ3) is 4.84. The fourth-order valence-corrected chi connectivity index (χ4v) is 10.3. The Bertz CT molecular complexity index is 1040. The molecule has 4 rings (SSSR count). The molecule has 0 spiro atoms. The maximum Gasteiger partial charge on any atom is 2.00 e. The topological polar surface area (TPSA) is 40.5 Å². The zero-order chi connectivity index (χ0) is 21.9. The Morgan fingerprint density at radius 1 is 0.700 bits per heavy atom. The summed E-state index contributed by atoms with van der Waals surface area (Å²) in [5.41, 5.74) is 2.83. The number of halogens is 2. The summed E-state index contributed by atoms with van der Waals surface area (Å²) in [6, 6.07) is 17.7. The van der Waals surface area contributed by atoms with Crippen LogP contribution < -0.4 is 10.4 Å². The first-order valence-corrected chi connectivity index (χ1v) is 14.0. The van der Waals surface area contributed by atoms with Crippen LogP contribution in [-0.4, -0.2) is 32.5 Å². The summed E-state index contributed by atoms with van der Waals surface area (Å²) < 4.78 is 2.42. The SMILES string of the molecule is CO.CO.Cc1[cH-]c2cccc(Br)c2c1[Si](C)(C)c1c(C)[cH-]c2cccc(Br)c12.[Zr+2]. The molecule has 0 atom stereocenters. The third-order valence-corrected chi connectivity index (χ3v) is 10.5. The summed E-state index contributed by atoms with van der Waals surface area (Å²) in [5, 5.41) is 22.6. The van der Waals surface area contributed by atoms with Crippen LogP contribution in [0.4, 0.5) is 0 Å². The molecule has 0 heterocycles. The van der Waals surface area contributed by atoms with Crippen LogP contribution in [0.25, 0.3) is 21.5 Å². The molecule has 30 heavy (non-hydrogen) atoms. The molecule has 0 aliphatic rings. The molecule has 0 saturated heterocycles. The quantitative estimate of drug-likeness (QED) is 0.224. The molecular formula is C24H28Br2O2SiZr. The second kappa shape index (κ2) is 11.5. The van der Waals surface area contributed by atoms with Gasteiger partial charge in [0.2, 0.25) is 0 Å². The van der Waals surface area contributed by atoms with Crippen LogP contribution in [0.15, 0.2) is 57.5 Å². The molecule has 4 aromatic carbocycles. The van der Waals surface area contributed by atoms with Crippen LogP contribution in [0.2, 0.25) is 13.1 Å². The third-order valence-electron chi connectivity index (χ3n) is 5.37. The van der Waals surface area contributed by atoms with Gasteiger partial charge in [-0.1, -0.05) is 70.9 Å². The van der Waals surface area contributed by atoms with Crippen LogP contribution in [0.1, 0.15) is 11.1 Å². The molecule has 0 aliphatic carbocycles. The maximum absolute atomic E-state index is 7.00. The van der Waals surface area contributed by atoms with Crippen molar-refractivity contribution in [1.82, 2.24) is 0 Å². The van der Waals surface area contributed by atoms with Crippen molar-refractivity contribution >= 4 is 71.9 Å². The molecule has 6 heteroatoms. The summed E-state index contributed by atoms with van der Waals surface area (Å²) >= 11 is 7.63. The van der Waals surface area contributed by atoms with E-state index in [4.69, 9.17) is 10.2 Å². The number of rotatable bonds is 2. The van der Waals surface area contributed by atoms with Gasteiger partial charge in [-0.3, -0.25) is 0 Å². The van der Waals surface area contributed by atoms with Gasteiger partial charge < -0.3 is 10.2 Å². The predicted octanol–water partition coefficient (Wildman–Crippen LogP) is 5.61. The summed E-state index contributed by atoms with van der Waals surface area (Å²) in [7, 11) is 0.108. The number of aliphatic hydroxyl groups excluding tert-OH is 2. The van der Waals surface area contributed by atoms with E-state index in [0.29, 0.717) is 0 Å². The average molecular weight is 628 g/mol. The van der Waals surface area contributed by atoms with Gasteiger partial charge in [-0.05, 0) is 8.95 Å². The molecule has 4 aromatic rings. The van der Waals surface area contributed by atoms with Crippen LogP contribution in [-0.2, 0) is 26.2 Å². The Hall–Kier alpha value is -0.360. The molecule has 0 aliphatic heterocycles. The van der Waals surface area contributed by atoms with Gasteiger partial charge in [0, 0.05) is 22.3 Å². The van der Waals surface area contributed by atoms with Crippen molar-refractivity contribution in [1.29, 1.82) is 0 Å². The molecule has 0 saturated carbocycles. The number of fused-ring (bicyclic) bond motifs is 2. The smallest absolute Gasteiger partial charge is 0.400 e. The van der Waals surface area contributed by atoms with E-state index in [1.54, 1.807) is 10.4 Å². The Balaban J connectivity index is 0.000000851. The van der Waals surface area contributed by atoms with E-state index >= 15 is 0 Å². The van der Waals surface area contributed by atoms with Crippen molar-refractivity contribution in [2.75, 3.05) is 14.2 Å². The Kier molecular flexibility index (Phi) is 10.6. The van der Waals surface area contributed by atoms with Crippen molar-refractivity contribution in [3.05, 3.63) is 68.6 Å². The Morgan fingerprint density at radius 2 is 1.03 bits per heavy atom. The predicted molar refractivity (Wildman–Crippen MR) is 137 cm³/mol. The Morgan fingerprint density at radius 3 is 1.37 bits per heavy atom. The van der Waals surface area contributed by atoms with E-state index in [2.05, 4.69) is 107 Å². The largest absolute Gasteiger partial charge is 2.00 e. The molecule has 2 N–H and O–H groups in total. The van der Waals surface area contributed by atoms with Crippen molar-refractivity contribution in [3.63, 3.8) is 0 Å². The van der Waals surface area contributed by atoms with Gasteiger partial charge in [0.15, 0.2) is 0 Å². The molecule has 0 aromatic heterocycles. The van der Waals surface area contributed by atoms with Gasteiger partial charge in [0.25, 0.3) is 0 Å². The summed E-state index contributed by atoms with van der Waals surface area (Å²) in [5.74, 6) is 0. The molecule has 158 valence electrons. The number of aryl methyl sites for hydroxylation is 2. The van der Waals surface area contributed by atoms with Gasteiger partial charge in [-0.2, -0.15) is 10.4 Å². The number of benzene rings is 2. The van der Waals surface area contributed by atoms with Gasteiger partial charge in [0.05, 0.1) is 0 Å². The minimum Gasteiger partial charge on any atom is -0.400 e. The van der Waals surface area contributed by atoms with Crippen molar-refractivity contribution in [2.45, 2.75) is 26.9 Å². The van der Waals surface area contributed by atoms with Crippen LogP contribution in [0.5, 0.6) is 0 Å². The molecule has 0 radical (unpaired) electrons. The van der Waals surface area contributed by atoms with Gasteiger partial charge in [-0.15, -0.1) is 69.1 Å². The number of aliphatic hydroxyl groups is 2. The van der Waals surface area contributed by atoms with Crippen LogP contribution in [0.3, 0.4) is 0 Å². The van der Waals surface area contributed by atoms with Crippen molar-refractivity contribution in [3.8, 4) is 0 Å². The molecule has 0 fully saturated rings. The number of hydrogen-bond donors (Lipinski definition) is 2. The standard InChI is InChI=1S/C22H20Br2Si.2CH4O.Zr/c1-13-11-15-7-5-9-17(23)19(15)21(13)25(3,4)22-14(2)12-16-8-6-10-18(24)20(16)22;2*1-2;/h5-12H,1-4H3;2*2H,1H3;/q-2;;;+2. The molecule has 2 nitrogen and oxygen atoms in total.